The van der Waals surface area contributed by atoms with Gasteiger partial charge in [-0.25, -0.2) is 0 Å². The van der Waals surface area contributed by atoms with Crippen molar-refractivity contribution in [2.75, 3.05) is 39.3 Å². The molecule has 0 spiro atoms. The summed E-state index contributed by atoms with van der Waals surface area (Å²) in [6.45, 7) is 10.9. The molecule has 1 unspecified atom stereocenters. The van der Waals surface area contributed by atoms with Crippen LogP contribution < -0.4 is 5.32 Å². The van der Waals surface area contributed by atoms with Gasteiger partial charge >= 0.3 is 0 Å². The van der Waals surface area contributed by atoms with Gasteiger partial charge in [0.2, 0.25) is 0 Å². The van der Waals surface area contributed by atoms with Gasteiger partial charge in [-0.2, -0.15) is 0 Å². The van der Waals surface area contributed by atoms with E-state index in [0.717, 1.165) is 68.3 Å². The molecular formula is C38H55N5OS2. The predicted octanol–water partition coefficient (Wildman–Crippen LogP) is 6.47. The van der Waals surface area contributed by atoms with Gasteiger partial charge in [-0.3, -0.25) is 4.90 Å². The van der Waals surface area contributed by atoms with Crippen LogP contribution in [0.4, 0.5) is 0 Å². The molecule has 2 N–H and O–H groups in total. The molecule has 0 amide bonds. The second-order valence-electron chi connectivity index (χ2n) is 14.9. The van der Waals surface area contributed by atoms with E-state index in [1.165, 1.54) is 62.5 Å². The topological polar surface area (TPSA) is 45.2 Å². The van der Waals surface area contributed by atoms with Crippen LogP contribution in [0.1, 0.15) is 76.3 Å². The number of aromatic hydroxyl groups is 1. The molecule has 2 aromatic carbocycles. The third-order valence-corrected chi connectivity index (χ3v) is 11.8. The minimum atomic E-state index is 0.285. The molecule has 3 heterocycles. The first kappa shape index (κ1) is 33.5. The lowest BCUT2D eigenvalue weighted by atomic mass is 9.88. The first-order chi connectivity index (χ1) is 22.3. The van der Waals surface area contributed by atoms with Crippen molar-refractivity contribution in [1.29, 1.82) is 0 Å². The van der Waals surface area contributed by atoms with Crippen molar-refractivity contribution in [2.45, 2.75) is 102 Å². The van der Waals surface area contributed by atoms with Crippen molar-refractivity contribution < 1.29 is 5.11 Å². The molecule has 1 saturated carbocycles. The van der Waals surface area contributed by atoms with Crippen LogP contribution in [0.2, 0.25) is 0 Å². The lowest BCUT2D eigenvalue weighted by molar-refractivity contribution is 0.159. The summed E-state index contributed by atoms with van der Waals surface area (Å²) in [4.78, 5) is 10.5. The smallest absolute Gasteiger partial charge is 0.172 e. The van der Waals surface area contributed by atoms with Crippen molar-refractivity contribution in [1.82, 2.24) is 24.9 Å². The van der Waals surface area contributed by atoms with E-state index < -0.39 is 0 Å². The average molecular weight is 662 g/mol. The van der Waals surface area contributed by atoms with Crippen LogP contribution in [0.5, 0.6) is 5.75 Å². The first-order valence-electron chi connectivity index (χ1n) is 18.0. The standard InChI is InChI=1S/C38H55N5OS2/c1-28(2)20-34-27-43(38(46)42(34)24-31-12-7-4-8-13-31)35(22-30-15-17-36(44)18-16-30)25-40-19-9-14-32(40)26-41-33(23-39-37(41)45)21-29-10-5-3-6-11-29/h3,5-6,10-11,15-18,28,31-35,44H,4,7-9,12-14,19-27H2,1-2H3,(H,39,45)/t32?,33-,34-,35-/m0/s1. The maximum atomic E-state index is 10.0. The number of rotatable bonds is 13. The Labute approximate surface area is 288 Å². The number of phenolic OH excluding ortho intramolecular Hbond substituents is 1. The van der Waals surface area contributed by atoms with E-state index in [2.05, 4.69) is 81.2 Å². The van der Waals surface area contributed by atoms with Gasteiger partial charge in [0.05, 0.1) is 6.04 Å². The third-order valence-electron chi connectivity index (χ3n) is 11.0. The number of benzene rings is 2. The number of nitrogens with one attached hydrogen (secondary N) is 1. The van der Waals surface area contributed by atoms with Gasteiger partial charge in [0.1, 0.15) is 5.75 Å². The number of nitrogens with zero attached hydrogens (tertiary/aromatic N) is 4. The summed E-state index contributed by atoms with van der Waals surface area (Å²) in [6, 6.07) is 20.3. The zero-order chi connectivity index (χ0) is 32.0. The van der Waals surface area contributed by atoms with Gasteiger partial charge in [0, 0.05) is 50.8 Å². The summed E-state index contributed by atoms with van der Waals surface area (Å²) in [5.74, 6) is 1.73. The van der Waals surface area contributed by atoms with Crippen molar-refractivity contribution in [3.05, 3.63) is 65.7 Å². The van der Waals surface area contributed by atoms with E-state index >= 15 is 0 Å². The SMILES string of the molecule is CC(C)C[C@H]1CN([C@@H](Cc2ccc(O)cc2)CN2CCCC2CN2C(=S)NC[C@@H]2Cc2ccccc2)C(=S)N1CC1CCCCC1. The van der Waals surface area contributed by atoms with Gasteiger partial charge < -0.3 is 25.1 Å². The maximum Gasteiger partial charge on any atom is 0.172 e. The van der Waals surface area contributed by atoms with Crippen LogP contribution in [0, 0.1) is 11.8 Å². The Bertz CT molecular complexity index is 1280. The van der Waals surface area contributed by atoms with E-state index in [1.807, 2.05) is 12.1 Å². The van der Waals surface area contributed by atoms with Gasteiger partial charge in [0.15, 0.2) is 10.2 Å². The van der Waals surface area contributed by atoms with Crippen LogP contribution in [0.25, 0.3) is 0 Å². The first-order valence-corrected chi connectivity index (χ1v) is 18.8. The van der Waals surface area contributed by atoms with Crippen LogP contribution >= 0.6 is 24.4 Å². The third kappa shape index (κ3) is 8.35. The molecule has 0 radical (unpaired) electrons. The van der Waals surface area contributed by atoms with Crippen molar-refractivity contribution in [3.63, 3.8) is 0 Å². The van der Waals surface area contributed by atoms with Crippen LogP contribution in [0.3, 0.4) is 0 Å². The van der Waals surface area contributed by atoms with Crippen LogP contribution in [-0.2, 0) is 12.8 Å². The molecule has 250 valence electrons. The van der Waals surface area contributed by atoms with Gasteiger partial charge in [-0.1, -0.05) is 75.6 Å². The number of thiocarbonyl (C=S) groups is 2. The second-order valence-corrected chi connectivity index (χ2v) is 15.6. The summed E-state index contributed by atoms with van der Waals surface area (Å²) in [6.07, 6.45) is 12.4. The molecule has 3 aliphatic heterocycles. The molecule has 6 nitrogen and oxygen atoms in total. The molecule has 0 aromatic heterocycles. The number of phenols is 1. The Balaban J connectivity index is 1.19. The van der Waals surface area contributed by atoms with Crippen LogP contribution in [0.15, 0.2) is 54.6 Å². The van der Waals surface area contributed by atoms with E-state index in [0.29, 0.717) is 29.8 Å². The fraction of sp³-hybridized carbons (Fsp3) is 0.632. The minimum Gasteiger partial charge on any atom is -0.508 e. The number of hydrogen-bond acceptors (Lipinski definition) is 4. The Morgan fingerprint density at radius 2 is 1.59 bits per heavy atom. The number of likely N-dealkylation sites (tertiary alicyclic amines) is 1. The van der Waals surface area contributed by atoms with Gasteiger partial charge in [0.25, 0.3) is 0 Å². The summed E-state index contributed by atoms with van der Waals surface area (Å²) >= 11 is 12.3. The van der Waals surface area contributed by atoms with Crippen molar-refractivity contribution in [3.8, 4) is 5.75 Å². The molecule has 0 bridgehead atoms. The van der Waals surface area contributed by atoms with E-state index in [-0.39, 0.29) is 6.04 Å². The predicted molar refractivity (Wildman–Crippen MR) is 197 cm³/mol. The van der Waals surface area contributed by atoms with E-state index in [9.17, 15) is 5.11 Å². The fourth-order valence-corrected chi connectivity index (χ4v) is 9.31. The molecule has 6 rings (SSSR count). The summed E-state index contributed by atoms with van der Waals surface area (Å²) in [7, 11) is 0. The monoisotopic (exact) mass is 661 g/mol. The van der Waals surface area contributed by atoms with E-state index in [4.69, 9.17) is 24.4 Å². The zero-order valence-corrected chi connectivity index (χ0v) is 29.7. The fourth-order valence-electron chi connectivity index (χ4n) is 8.55. The highest BCUT2D eigenvalue weighted by molar-refractivity contribution is 7.80. The molecule has 4 aliphatic rings. The van der Waals surface area contributed by atoms with Crippen LogP contribution in [-0.4, -0.2) is 98.4 Å². The van der Waals surface area contributed by atoms with Crippen molar-refractivity contribution >= 4 is 34.7 Å². The molecule has 8 heteroatoms. The Morgan fingerprint density at radius 1 is 0.826 bits per heavy atom. The average Bonchev–Trinajstić information content (AvgIpc) is 3.73. The van der Waals surface area contributed by atoms with Gasteiger partial charge in [-0.15, -0.1) is 0 Å². The molecular weight excluding hydrogens is 607 g/mol. The largest absolute Gasteiger partial charge is 0.508 e. The second kappa shape index (κ2) is 15.7. The highest BCUT2D eigenvalue weighted by Crippen LogP contribution is 2.32. The molecule has 1 aliphatic carbocycles. The Hall–Kier alpha value is -2.42. The summed E-state index contributed by atoms with van der Waals surface area (Å²) in [5.41, 5.74) is 2.64. The number of hydrogen-bond donors (Lipinski definition) is 2. The molecule has 3 saturated heterocycles. The maximum absolute atomic E-state index is 10.0. The highest BCUT2D eigenvalue weighted by atomic mass is 32.1. The van der Waals surface area contributed by atoms with Crippen molar-refractivity contribution in [2.24, 2.45) is 11.8 Å². The molecule has 4 fully saturated rings. The highest BCUT2D eigenvalue weighted by Gasteiger charge is 2.41. The normalized spacial score (nSPS) is 25.2. The molecule has 46 heavy (non-hydrogen) atoms. The minimum absolute atomic E-state index is 0.285. The summed E-state index contributed by atoms with van der Waals surface area (Å²) < 4.78 is 0. The Kier molecular flexibility index (Phi) is 11.4. The Morgan fingerprint density at radius 3 is 2.33 bits per heavy atom. The lowest BCUT2D eigenvalue weighted by Gasteiger charge is -2.37. The lowest BCUT2D eigenvalue weighted by Crippen LogP contribution is -2.51. The molecule has 2 aromatic rings. The van der Waals surface area contributed by atoms with E-state index in [1.54, 1.807) is 0 Å². The zero-order valence-electron chi connectivity index (χ0n) is 28.0. The quantitative estimate of drug-likeness (QED) is 0.237. The summed E-state index contributed by atoms with van der Waals surface area (Å²) in [5, 5.41) is 15.5. The van der Waals surface area contributed by atoms with Gasteiger partial charge in [-0.05, 0) is 111 Å². The molecule has 4 atom stereocenters.